The van der Waals surface area contributed by atoms with Gasteiger partial charge in [-0.1, -0.05) is 0 Å². The maximum atomic E-state index is 12.4. The molecule has 0 aromatic carbocycles. The molecule has 18 heavy (non-hydrogen) atoms. The second-order valence-electron chi connectivity index (χ2n) is 4.66. The van der Waals surface area contributed by atoms with Gasteiger partial charge in [0, 0.05) is 30.0 Å². The predicted octanol–water partition coefficient (Wildman–Crippen LogP) is 1.19. The summed E-state index contributed by atoms with van der Waals surface area (Å²) >= 11 is 3.28. The van der Waals surface area contributed by atoms with Crippen molar-refractivity contribution >= 4 is 27.7 Å². The molecule has 2 rings (SSSR count). The Hall–Kier alpha value is -1.43. The molecule has 96 valence electrons. The van der Waals surface area contributed by atoms with Crippen LogP contribution in [0.5, 0.6) is 0 Å². The molecule has 0 aliphatic carbocycles. The second kappa shape index (κ2) is 4.68. The van der Waals surface area contributed by atoms with Crippen molar-refractivity contribution in [1.82, 2.24) is 15.2 Å². The van der Waals surface area contributed by atoms with E-state index in [-0.39, 0.29) is 11.8 Å². The maximum Gasteiger partial charge on any atom is 0.256 e. The fourth-order valence-electron chi connectivity index (χ4n) is 1.94. The standard InChI is InChI=1S/C12H14BrN3O2/c1-12(2)11(18)15-3-4-16(12)10(17)8-5-9(13)7-14-6-8/h5-7H,3-4H2,1-2H3,(H,15,18). The van der Waals surface area contributed by atoms with Gasteiger partial charge in [0.05, 0.1) is 5.56 Å². The Morgan fingerprint density at radius 1 is 1.50 bits per heavy atom. The molecule has 0 atom stereocenters. The van der Waals surface area contributed by atoms with Crippen LogP contribution in [-0.4, -0.2) is 40.3 Å². The molecule has 1 aromatic heterocycles. The molecule has 1 fully saturated rings. The lowest BCUT2D eigenvalue weighted by Crippen LogP contribution is -2.63. The van der Waals surface area contributed by atoms with Gasteiger partial charge >= 0.3 is 0 Å². The first-order valence-electron chi connectivity index (χ1n) is 5.64. The molecular formula is C12H14BrN3O2. The van der Waals surface area contributed by atoms with E-state index < -0.39 is 5.54 Å². The molecule has 1 aromatic rings. The van der Waals surface area contributed by atoms with Crippen LogP contribution >= 0.6 is 15.9 Å². The van der Waals surface area contributed by atoms with E-state index in [1.807, 2.05) is 0 Å². The smallest absolute Gasteiger partial charge is 0.256 e. The topological polar surface area (TPSA) is 62.3 Å². The van der Waals surface area contributed by atoms with E-state index in [4.69, 9.17) is 0 Å². The summed E-state index contributed by atoms with van der Waals surface area (Å²) in [6.45, 7) is 4.47. The SMILES string of the molecule is CC1(C)C(=O)NCCN1C(=O)c1cncc(Br)c1. The molecule has 5 nitrogen and oxygen atoms in total. The minimum atomic E-state index is -0.836. The Labute approximate surface area is 114 Å². The number of amides is 2. The molecule has 0 unspecified atom stereocenters. The van der Waals surface area contributed by atoms with Crippen LogP contribution in [-0.2, 0) is 4.79 Å². The van der Waals surface area contributed by atoms with Crippen LogP contribution in [0.2, 0.25) is 0 Å². The van der Waals surface area contributed by atoms with E-state index >= 15 is 0 Å². The number of rotatable bonds is 1. The monoisotopic (exact) mass is 311 g/mol. The summed E-state index contributed by atoms with van der Waals surface area (Å²) in [6, 6.07) is 1.71. The van der Waals surface area contributed by atoms with Crippen molar-refractivity contribution in [3.63, 3.8) is 0 Å². The Balaban J connectivity index is 2.31. The number of carbonyl (C=O) groups excluding carboxylic acids is 2. The van der Waals surface area contributed by atoms with Crippen molar-refractivity contribution < 1.29 is 9.59 Å². The van der Waals surface area contributed by atoms with Crippen LogP contribution in [0.3, 0.4) is 0 Å². The molecule has 0 bridgehead atoms. The first-order chi connectivity index (χ1) is 8.43. The largest absolute Gasteiger partial charge is 0.352 e. The van der Waals surface area contributed by atoms with E-state index in [0.29, 0.717) is 18.7 Å². The van der Waals surface area contributed by atoms with E-state index in [9.17, 15) is 9.59 Å². The molecule has 0 saturated carbocycles. The van der Waals surface area contributed by atoms with Crippen molar-refractivity contribution in [2.45, 2.75) is 19.4 Å². The lowest BCUT2D eigenvalue weighted by Gasteiger charge is -2.41. The van der Waals surface area contributed by atoms with Crippen LogP contribution in [0.1, 0.15) is 24.2 Å². The molecule has 1 saturated heterocycles. The van der Waals surface area contributed by atoms with Gasteiger partial charge < -0.3 is 10.2 Å². The molecule has 0 spiro atoms. The minimum Gasteiger partial charge on any atom is -0.352 e. The minimum absolute atomic E-state index is 0.134. The third-order valence-corrected chi connectivity index (χ3v) is 3.48. The molecule has 1 aliphatic heterocycles. The number of hydrogen-bond donors (Lipinski definition) is 1. The van der Waals surface area contributed by atoms with Gasteiger partial charge in [0.25, 0.3) is 5.91 Å². The molecule has 1 aliphatic rings. The van der Waals surface area contributed by atoms with Gasteiger partial charge in [-0.3, -0.25) is 14.6 Å². The van der Waals surface area contributed by atoms with Gasteiger partial charge in [0.1, 0.15) is 5.54 Å². The van der Waals surface area contributed by atoms with E-state index in [2.05, 4.69) is 26.2 Å². The molecule has 2 amide bonds. The Morgan fingerprint density at radius 3 is 2.89 bits per heavy atom. The number of halogens is 1. The summed E-state index contributed by atoms with van der Waals surface area (Å²) in [4.78, 5) is 29.7. The highest BCUT2D eigenvalue weighted by Gasteiger charge is 2.40. The van der Waals surface area contributed by atoms with Crippen LogP contribution < -0.4 is 5.32 Å². The third kappa shape index (κ3) is 2.25. The molecule has 6 heteroatoms. The molecule has 2 heterocycles. The van der Waals surface area contributed by atoms with Crippen LogP contribution in [0.15, 0.2) is 22.9 Å². The zero-order valence-electron chi connectivity index (χ0n) is 10.2. The number of hydrogen-bond acceptors (Lipinski definition) is 3. The zero-order valence-corrected chi connectivity index (χ0v) is 11.8. The number of nitrogens with one attached hydrogen (secondary N) is 1. The lowest BCUT2D eigenvalue weighted by atomic mass is 9.98. The average Bonchev–Trinajstić information content (AvgIpc) is 2.32. The highest BCUT2D eigenvalue weighted by Crippen LogP contribution is 2.21. The van der Waals surface area contributed by atoms with E-state index in [0.717, 1.165) is 4.47 Å². The van der Waals surface area contributed by atoms with Crippen molar-refractivity contribution in [3.05, 3.63) is 28.5 Å². The van der Waals surface area contributed by atoms with E-state index in [1.165, 1.54) is 6.20 Å². The normalized spacial score (nSPS) is 18.4. The fraction of sp³-hybridized carbons (Fsp3) is 0.417. The highest BCUT2D eigenvalue weighted by atomic mass is 79.9. The summed E-state index contributed by atoms with van der Waals surface area (Å²) in [5.74, 6) is -0.311. The van der Waals surface area contributed by atoms with Gasteiger partial charge in [-0.2, -0.15) is 0 Å². The van der Waals surface area contributed by atoms with Gasteiger partial charge in [0.2, 0.25) is 5.91 Å². The lowest BCUT2D eigenvalue weighted by molar-refractivity contribution is -0.133. The molecule has 1 N–H and O–H groups in total. The summed E-state index contributed by atoms with van der Waals surface area (Å²) in [7, 11) is 0. The number of aromatic nitrogens is 1. The fourth-order valence-corrected chi connectivity index (χ4v) is 2.30. The quantitative estimate of drug-likeness (QED) is 0.847. The number of piperazine rings is 1. The van der Waals surface area contributed by atoms with Crippen molar-refractivity contribution in [2.24, 2.45) is 0 Å². The first kappa shape index (κ1) is 13.0. The Morgan fingerprint density at radius 2 is 2.22 bits per heavy atom. The summed E-state index contributed by atoms with van der Waals surface area (Å²) in [5.41, 5.74) is -0.357. The Kier molecular flexibility index (Phi) is 3.38. The zero-order chi connectivity index (χ0) is 13.3. The predicted molar refractivity (Wildman–Crippen MR) is 70.1 cm³/mol. The molecule has 0 radical (unpaired) electrons. The van der Waals surface area contributed by atoms with Crippen LogP contribution in [0.4, 0.5) is 0 Å². The average molecular weight is 312 g/mol. The van der Waals surface area contributed by atoms with Crippen molar-refractivity contribution in [3.8, 4) is 0 Å². The second-order valence-corrected chi connectivity index (χ2v) is 5.58. The third-order valence-electron chi connectivity index (χ3n) is 3.05. The van der Waals surface area contributed by atoms with Crippen molar-refractivity contribution in [2.75, 3.05) is 13.1 Å². The van der Waals surface area contributed by atoms with Gasteiger partial charge in [-0.05, 0) is 35.8 Å². The first-order valence-corrected chi connectivity index (χ1v) is 6.43. The highest BCUT2D eigenvalue weighted by molar-refractivity contribution is 9.10. The number of carbonyl (C=O) groups is 2. The van der Waals surface area contributed by atoms with Gasteiger partial charge in [0.15, 0.2) is 0 Å². The van der Waals surface area contributed by atoms with Crippen LogP contribution in [0, 0.1) is 0 Å². The summed E-state index contributed by atoms with van der Waals surface area (Å²) in [5, 5.41) is 2.76. The maximum absolute atomic E-state index is 12.4. The summed E-state index contributed by atoms with van der Waals surface area (Å²) < 4.78 is 0.743. The van der Waals surface area contributed by atoms with Gasteiger partial charge in [-0.25, -0.2) is 0 Å². The molecular weight excluding hydrogens is 298 g/mol. The van der Waals surface area contributed by atoms with Crippen LogP contribution in [0.25, 0.3) is 0 Å². The van der Waals surface area contributed by atoms with Crippen molar-refractivity contribution in [1.29, 1.82) is 0 Å². The summed E-state index contributed by atoms with van der Waals surface area (Å²) in [6.07, 6.45) is 3.13. The Bertz CT molecular complexity index is 502. The van der Waals surface area contributed by atoms with E-state index in [1.54, 1.807) is 31.0 Å². The number of pyridine rings is 1. The number of nitrogens with zero attached hydrogens (tertiary/aromatic N) is 2. The van der Waals surface area contributed by atoms with Gasteiger partial charge in [-0.15, -0.1) is 0 Å².